The summed E-state index contributed by atoms with van der Waals surface area (Å²) in [6.45, 7) is 5.29. The number of ether oxygens (including phenoxy) is 1. The summed E-state index contributed by atoms with van der Waals surface area (Å²) >= 11 is 0. The maximum absolute atomic E-state index is 11.6. The van der Waals surface area contributed by atoms with Gasteiger partial charge < -0.3 is 4.74 Å². The number of aldehydes is 1. The molecule has 1 aromatic carbocycles. The molecule has 3 nitrogen and oxygen atoms in total. The molecular formula is C14H18O3. The largest absolute Gasteiger partial charge is 0.454 e. The van der Waals surface area contributed by atoms with Crippen molar-refractivity contribution in [3.8, 4) is 0 Å². The predicted octanol–water partition coefficient (Wildman–Crippen LogP) is 2.39. The molecule has 0 aliphatic rings. The Labute approximate surface area is 102 Å². The van der Waals surface area contributed by atoms with Crippen molar-refractivity contribution in [2.75, 3.05) is 0 Å². The summed E-state index contributed by atoms with van der Waals surface area (Å²) in [4.78, 5) is 22.5. The summed E-state index contributed by atoms with van der Waals surface area (Å²) in [6.07, 6.45) is 0.395. The van der Waals surface area contributed by atoms with Crippen LogP contribution in [0.1, 0.15) is 26.3 Å². The van der Waals surface area contributed by atoms with Crippen molar-refractivity contribution in [2.24, 2.45) is 5.41 Å². The van der Waals surface area contributed by atoms with Crippen LogP contribution >= 0.6 is 0 Å². The minimum Gasteiger partial charge on any atom is -0.454 e. The molecule has 0 unspecified atom stereocenters. The molecule has 0 saturated heterocycles. The first-order valence-electron chi connectivity index (χ1n) is 5.64. The van der Waals surface area contributed by atoms with E-state index in [1.54, 1.807) is 20.8 Å². The van der Waals surface area contributed by atoms with Crippen molar-refractivity contribution in [3.63, 3.8) is 0 Å². The Hall–Kier alpha value is -1.64. The summed E-state index contributed by atoms with van der Waals surface area (Å²) in [5.41, 5.74) is 0.393. The van der Waals surface area contributed by atoms with Crippen LogP contribution in [0.15, 0.2) is 30.3 Å². The molecule has 0 aliphatic heterocycles. The zero-order valence-corrected chi connectivity index (χ0v) is 10.5. The third-order valence-corrected chi connectivity index (χ3v) is 2.30. The van der Waals surface area contributed by atoms with E-state index in [2.05, 4.69) is 0 Å². The molecule has 0 heterocycles. The molecule has 0 N–H and O–H groups in total. The highest BCUT2D eigenvalue weighted by Crippen LogP contribution is 2.17. The smallest absolute Gasteiger partial charge is 0.311 e. The molecule has 0 bridgehead atoms. The Bertz CT molecular complexity index is 376. The lowest BCUT2D eigenvalue weighted by Gasteiger charge is -2.20. The van der Waals surface area contributed by atoms with Crippen LogP contribution in [0.3, 0.4) is 0 Å². The zero-order chi connectivity index (χ0) is 12.9. The topological polar surface area (TPSA) is 43.4 Å². The molecule has 92 valence electrons. The second kappa shape index (κ2) is 5.62. The van der Waals surface area contributed by atoms with E-state index in [-0.39, 0.29) is 5.97 Å². The summed E-state index contributed by atoms with van der Waals surface area (Å²) in [5, 5.41) is 0. The van der Waals surface area contributed by atoms with Crippen LogP contribution in [0.5, 0.6) is 0 Å². The number of hydrogen-bond acceptors (Lipinski definition) is 3. The fraction of sp³-hybridized carbons (Fsp3) is 0.429. The van der Waals surface area contributed by atoms with Crippen LogP contribution in [0.2, 0.25) is 0 Å². The third kappa shape index (κ3) is 4.39. The maximum Gasteiger partial charge on any atom is 0.311 e. The molecule has 0 fully saturated rings. The minimum atomic E-state index is -0.705. The van der Waals surface area contributed by atoms with E-state index in [0.29, 0.717) is 12.7 Å². The van der Waals surface area contributed by atoms with E-state index in [1.807, 2.05) is 30.3 Å². The van der Waals surface area contributed by atoms with Crippen molar-refractivity contribution in [1.82, 2.24) is 0 Å². The Balaban J connectivity index is 2.62. The first-order chi connectivity index (χ1) is 7.93. The number of rotatable bonds is 4. The van der Waals surface area contributed by atoms with Gasteiger partial charge in [0.05, 0.1) is 5.41 Å². The van der Waals surface area contributed by atoms with Gasteiger partial charge >= 0.3 is 5.97 Å². The standard InChI is InChI=1S/C14H18O3/c1-14(2,3)13(16)17-12(10-15)9-11-7-5-4-6-8-11/h4-8,10,12H,9H2,1-3H3/t12-/m0/s1. The molecule has 1 rings (SSSR count). The van der Waals surface area contributed by atoms with Gasteiger partial charge in [-0.05, 0) is 26.3 Å². The van der Waals surface area contributed by atoms with E-state index in [4.69, 9.17) is 4.74 Å². The molecule has 0 spiro atoms. The average Bonchev–Trinajstić information content (AvgIpc) is 2.28. The van der Waals surface area contributed by atoms with Gasteiger partial charge in [0, 0.05) is 6.42 Å². The molecule has 1 atom stereocenters. The molecule has 17 heavy (non-hydrogen) atoms. The fourth-order valence-corrected chi connectivity index (χ4v) is 1.28. The number of carbonyl (C=O) groups is 2. The van der Waals surface area contributed by atoms with Crippen molar-refractivity contribution in [2.45, 2.75) is 33.3 Å². The van der Waals surface area contributed by atoms with Gasteiger partial charge in [0.25, 0.3) is 0 Å². The van der Waals surface area contributed by atoms with E-state index in [9.17, 15) is 9.59 Å². The Morgan fingerprint density at radius 1 is 1.29 bits per heavy atom. The normalized spacial score (nSPS) is 12.9. The highest BCUT2D eigenvalue weighted by atomic mass is 16.5. The van der Waals surface area contributed by atoms with Crippen LogP contribution in [0.4, 0.5) is 0 Å². The van der Waals surface area contributed by atoms with E-state index in [1.165, 1.54) is 0 Å². The molecule has 0 radical (unpaired) electrons. The third-order valence-electron chi connectivity index (χ3n) is 2.30. The summed E-state index contributed by atoms with van der Waals surface area (Å²) < 4.78 is 5.16. The molecule has 3 heteroatoms. The van der Waals surface area contributed by atoms with Gasteiger partial charge in [0.1, 0.15) is 0 Å². The predicted molar refractivity (Wildman–Crippen MR) is 65.5 cm³/mol. The average molecular weight is 234 g/mol. The van der Waals surface area contributed by atoms with Crippen LogP contribution in [0.25, 0.3) is 0 Å². The van der Waals surface area contributed by atoms with Gasteiger partial charge in [-0.25, -0.2) is 0 Å². The molecule has 0 aromatic heterocycles. The lowest BCUT2D eigenvalue weighted by Crippen LogP contribution is -2.30. The highest BCUT2D eigenvalue weighted by molar-refractivity contribution is 5.77. The zero-order valence-electron chi connectivity index (χ0n) is 10.5. The van der Waals surface area contributed by atoms with Gasteiger partial charge in [-0.2, -0.15) is 0 Å². The molecule has 0 saturated carbocycles. The lowest BCUT2D eigenvalue weighted by atomic mass is 9.97. The van der Waals surface area contributed by atoms with Gasteiger partial charge in [-0.3, -0.25) is 9.59 Å². The summed E-state index contributed by atoms with van der Waals surface area (Å²) in [7, 11) is 0. The second-order valence-corrected chi connectivity index (χ2v) is 5.02. The quantitative estimate of drug-likeness (QED) is 0.593. The van der Waals surface area contributed by atoms with Crippen LogP contribution in [0, 0.1) is 5.41 Å². The summed E-state index contributed by atoms with van der Waals surface area (Å²) in [5.74, 6) is -0.356. The number of hydrogen-bond donors (Lipinski definition) is 0. The first kappa shape index (κ1) is 13.4. The number of benzene rings is 1. The Morgan fingerprint density at radius 3 is 2.35 bits per heavy atom. The van der Waals surface area contributed by atoms with E-state index >= 15 is 0 Å². The Kier molecular flexibility index (Phi) is 4.44. The molecule has 1 aromatic rings. The van der Waals surface area contributed by atoms with Crippen LogP contribution in [-0.4, -0.2) is 18.4 Å². The summed E-state index contributed by atoms with van der Waals surface area (Å²) in [6, 6.07) is 9.50. The minimum absolute atomic E-state index is 0.356. The fourth-order valence-electron chi connectivity index (χ4n) is 1.28. The van der Waals surface area contributed by atoms with Crippen LogP contribution < -0.4 is 0 Å². The molecular weight excluding hydrogens is 216 g/mol. The van der Waals surface area contributed by atoms with Crippen molar-refractivity contribution in [1.29, 1.82) is 0 Å². The highest BCUT2D eigenvalue weighted by Gasteiger charge is 2.26. The molecule has 0 amide bonds. The SMILES string of the molecule is CC(C)(C)C(=O)O[C@H](C=O)Cc1ccccc1. The van der Waals surface area contributed by atoms with Crippen molar-refractivity contribution < 1.29 is 14.3 Å². The van der Waals surface area contributed by atoms with Gasteiger partial charge in [-0.1, -0.05) is 30.3 Å². The first-order valence-corrected chi connectivity index (χ1v) is 5.64. The van der Waals surface area contributed by atoms with Gasteiger partial charge in [0.15, 0.2) is 12.4 Å². The second-order valence-electron chi connectivity index (χ2n) is 5.02. The van der Waals surface area contributed by atoms with Crippen LogP contribution in [-0.2, 0) is 20.7 Å². The van der Waals surface area contributed by atoms with Gasteiger partial charge in [-0.15, -0.1) is 0 Å². The maximum atomic E-state index is 11.6. The number of esters is 1. The number of carbonyl (C=O) groups excluding carboxylic acids is 2. The lowest BCUT2D eigenvalue weighted by molar-refractivity contribution is -0.160. The van der Waals surface area contributed by atoms with E-state index < -0.39 is 11.5 Å². The molecule has 0 aliphatic carbocycles. The van der Waals surface area contributed by atoms with Crippen molar-refractivity contribution in [3.05, 3.63) is 35.9 Å². The van der Waals surface area contributed by atoms with E-state index in [0.717, 1.165) is 5.56 Å². The monoisotopic (exact) mass is 234 g/mol. The van der Waals surface area contributed by atoms with Gasteiger partial charge in [0.2, 0.25) is 0 Å². The Morgan fingerprint density at radius 2 is 1.88 bits per heavy atom. The van der Waals surface area contributed by atoms with Crippen molar-refractivity contribution >= 4 is 12.3 Å².